The molecule has 1 fully saturated rings. The molecular formula is C25H29Br3NO5P. The Morgan fingerprint density at radius 2 is 1.60 bits per heavy atom. The Hall–Kier alpha value is -0.720. The number of para-hydroxylation sites is 1. The van der Waals surface area contributed by atoms with Gasteiger partial charge in [0.15, 0.2) is 2.14 Å². The van der Waals surface area contributed by atoms with Gasteiger partial charge in [0, 0.05) is 0 Å². The van der Waals surface area contributed by atoms with Gasteiger partial charge < -0.3 is 4.74 Å². The van der Waals surface area contributed by atoms with Gasteiger partial charge in [-0.3, -0.25) is 13.6 Å². The SMILES string of the molecule is CCOP(=O)(OCC)O[C@H]([C@H]1[C@H]([C@H](C#N)c2cccc(Oc3ccccc3)c2)C1(C)C)C(Br)(Br)Br. The molecule has 3 rings (SSSR count). The quantitative estimate of drug-likeness (QED) is 0.173. The van der Waals surface area contributed by atoms with Crippen LogP contribution in [0.25, 0.3) is 0 Å². The molecule has 2 aromatic carbocycles. The van der Waals surface area contributed by atoms with E-state index < -0.39 is 22.0 Å². The minimum Gasteiger partial charge on any atom is -0.457 e. The summed E-state index contributed by atoms with van der Waals surface area (Å²) in [6.45, 7) is 7.98. The molecule has 190 valence electrons. The second-order valence-electron chi connectivity index (χ2n) is 8.82. The maximum atomic E-state index is 13.2. The molecule has 0 spiro atoms. The number of rotatable bonds is 11. The largest absolute Gasteiger partial charge is 0.475 e. The number of ether oxygens (including phenoxy) is 1. The first-order chi connectivity index (χ1) is 16.5. The predicted octanol–water partition coefficient (Wildman–Crippen LogP) is 8.76. The lowest BCUT2D eigenvalue weighted by Crippen LogP contribution is -2.31. The van der Waals surface area contributed by atoms with Crippen molar-refractivity contribution in [3.8, 4) is 17.6 Å². The number of hydrogen-bond donors (Lipinski definition) is 0. The molecule has 0 heterocycles. The maximum Gasteiger partial charge on any atom is 0.475 e. The monoisotopic (exact) mass is 691 g/mol. The Balaban J connectivity index is 1.90. The number of hydrogen-bond acceptors (Lipinski definition) is 6. The van der Waals surface area contributed by atoms with E-state index in [4.69, 9.17) is 18.3 Å². The van der Waals surface area contributed by atoms with Crippen molar-refractivity contribution in [2.75, 3.05) is 13.2 Å². The fourth-order valence-electron chi connectivity index (χ4n) is 4.57. The highest BCUT2D eigenvalue weighted by Crippen LogP contribution is 2.71. The number of alkyl halides is 3. The summed E-state index contributed by atoms with van der Waals surface area (Å²) in [5.74, 6) is 0.700. The molecule has 0 saturated heterocycles. The van der Waals surface area contributed by atoms with Gasteiger partial charge in [-0.05, 0) is 60.9 Å². The third-order valence-electron chi connectivity index (χ3n) is 6.16. The van der Waals surface area contributed by atoms with Gasteiger partial charge in [0.05, 0.1) is 25.2 Å². The molecule has 0 aromatic heterocycles. The van der Waals surface area contributed by atoms with Gasteiger partial charge in [-0.1, -0.05) is 92.0 Å². The highest BCUT2D eigenvalue weighted by atomic mass is 80.0. The van der Waals surface area contributed by atoms with Crippen molar-refractivity contribution in [2.24, 2.45) is 17.3 Å². The second kappa shape index (κ2) is 11.8. The predicted molar refractivity (Wildman–Crippen MR) is 147 cm³/mol. The van der Waals surface area contributed by atoms with Crippen LogP contribution >= 0.6 is 55.6 Å². The van der Waals surface area contributed by atoms with Crippen molar-refractivity contribution in [1.82, 2.24) is 0 Å². The molecule has 2 aromatic rings. The van der Waals surface area contributed by atoms with E-state index in [0.29, 0.717) is 5.75 Å². The number of nitrogens with zero attached hydrogens (tertiary/aromatic N) is 1. The Morgan fingerprint density at radius 1 is 1.00 bits per heavy atom. The van der Waals surface area contributed by atoms with Crippen LogP contribution in [-0.4, -0.2) is 21.5 Å². The summed E-state index contributed by atoms with van der Waals surface area (Å²) in [5, 5.41) is 10.2. The molecule has 10 heteroatoms. The normalized spacial score (nSPS) is 21.1. The van der Waals surface area contributed by atoms with Gasteiger partial charge in [0.25, 0.3) is 0 Å². The van der Waals surface area contributed by atoms with E-state index in [1.54, 1.807) is 13.8 Å². The Kier molecular flexibility index (Phi) is 9.70. The van der Waals surface area contributed by atoms with E-state index in [1.165, 1.54) is 0 Å². The lowest BCUT2D eigenvalue weighted by Gasteiger charge is -2.30. The zero-order valence-electron chi connectivity index (χ0n) is 20.0. The van der Waals surface area contributed by atoms with E-state index >= 15 is 0 Å². The molecule has 4 atom stereocenters. The molecule has 0 N–H and O–H groups in total. The smallest absolute Gasteiger partial charge is 0.457 e. The van der Waals surface area contributed by atoms with E-state index in [9.17, 15) is 9.83 Å². The standard InChI is InChI=1S/C25H29Br3NO5P/c1-5-31-35(30,32-6-2)34-23(25(26,27)28)22-21(24(22,3)4)20(16-29)17-11-10-14-19(15-17)33-18-12-8-7-9-13-18/h7-15,20-23H,5-6H2,1-4H3/t20-,21+,22-,23-/m1/s1. The summed E-state index contributed by atoms with van der Waals surface area (Å²) in [4.78, 5) is 0. The number of benzene rings is 2. The summed E-state index contributed by atoms with van der Waals surface area (Å²) in [7, 11) is -3.82. The lowest BCUT2D eigenvalue weighted by molar-refractivity contribution is 0.0728. The first-order valence-electron chi connectivity index (χ1n) is 11.3. The summed E-state index contributed by atoms with van der Waals surface area (Å²) < 4.78 is 35.1. The van der Waals surface area contributed by atoms with Crippen LogP contribution in [0.5, 0.6) is 11.5 Å². The molecule has 0 bridgehead atoms. The van der Waals surface area contributed by atoms with Gasteiger partial charge in [-0.15, -0.1) is 0 Å². The van der Waals surface area contributed by atoms with E-state index in [-0.39, 0.29) is 30.5 Å². The van der Waals surface area contributed by atoms with Crippen LogP contribution in [0.4, 0.5) is 0 Å². The molecule has 35 heavy (non-hydrogen) atoms. The van der Waals surface area contributed by atoms with Crippen LogP contribution in [0, 0.1) is 28.6 Å². The summed E-state index contributed by atoms with van der Waals surface area (Å²) in [5.41, 5.74) is 0.549. The number of halogens is 3. The zero-order valence-corrected chi connectivity index (χ0v) is 25.6. The van der Waals surface area contributed by atoms with Crippen LogP contribution < -0.4 is 4.74 Å². The van der Waals surface area contributed by atoms with Gasteiger partial charge in [0.1, 0.15) is 17.6 Å². The van der Waals surface area contributed by atoms with Gasteiger partial charge in [-0.2, -0.15) is 5.26 Å². The van der Waals surface area contributed by atoms with Crippen molar-refractivity contribution in [3.63, 3.8) is 0 Å². The molecule has 1 aliphatic carbocycles. The molecule has 0 radical (unpaired) electrons. The van der Waals surface area contributed by atoms with Crippen molar-refractivity contribution in [3.05, 3.63) is 60.2 Å². The fourth-order valence-corrected chi connectivity index (χ4v) is 7.54. The van der Waals surface area contributed by atoms with Crippen LogP contribution in [-0.2, 0) is 18.1 Å². The highest BCUT2D eigenvalue weighted by Gasteiger charge is 2.68. The molecule has 6 nitrogen and oxygen atoms in total. The zero-order chi connectivity index (χ0) is 25.9. The number of phosphoric acid groups is 1. The van der Waals surface area contributed by atoms with Crippen LogP contribution in [0.3, 0.4) is 0 Å². The first-order valence-corrected chi connectivity index (χ1v) is 15.2. The van der Waals surface area contributed by atoms with E-state index in [1.807, 2.05) is 54.6 Å². The Bertz CT molecular complexity index is 1080. The van der Waals surface area contributed by atoms with Crippen molar-refractivity contribution in [1.29, 1.82) is 5.26 Å². The van der Waals surface area contributed by atoms with Crippen molar-refractivity contribution >= 4 is 55.6 Å². The van der Waals surface area contributed by atoms with Crippen LogP contribution in [0.15, 0.2) is 54.6 Å². The highest BCUT2D eigenvalue weighted by molar-refractivity contribution is 9.39. The van der Waals surface area contributed by atoms with Gasteiger partial charge in [-0.25, -0.2) is 4.57 Å². The summed E-state index contributed by atoms with van der Waals surface area (Å²) >= 11 is 10.7. The molecule has 0 aliphatic heterocycles. The molecule has 0 unspecified atom stereocenters. The average molecular weight is 694 g/mol. The van der Waals surface area contributed by atoms with Gasteiger partial charge >= 0.3 is 7.82 Å². The Morgan fingerprint density at radius 3 is 2.14 bits per heavy atom. The van der Waals surface area contributed by atoms with Crippen molar-refractivity contribution in [2.45, 2.75) is 41.9 Å². The second-order valence-corrected chi connectivity index (χ2v) is 17.4. The van der Waals surface area contributed by atoms with Crippen molar-refractivity contribution < 1.29 is 22.9 Å². The average Bonchev–Trinajstić information content (AvgIpc) is 3.34. The minimum absolute atomic E-state index is 0.0896. The lowest BCUT2D eigenvalue weighted by atomic mass is 9.91. The minimum atomic E-state index is -3.82. The summed E-state index contributed by atoms with van der Waals surface area (Å²) in [6, 6.07) is 19.6. The van der Waals surface area contributed by atoms with E-state index in [2.05, 4.69) is 67.7 Å². The Labute approximate surface area is 232 Å². The maximum absolute atomic E-state index is 13.2. The molecule has 1 saturated carbocycles. The third kappa shape index (κ3) is 6.98. The molecule has 0 amide bonds. The van der Waals surface area contributed by atoms with Gasteiger partial charge in [0.2, 0.25) is 0 Å². The van der Waals surface area contributed by atoms with E-state index in [0.717, 1.165) is 11.3 Å². The topological polar surface area (TPSA) is 77.8 Å². The fraction of sp³-hybridized carbons (Fsp3) is 0.480. The van der Waals surface area contributed by atoms with Crippen LogP contribution in [0.2, 0.25) is 0 Å². The van der Waals surface area contributed by atoms with Crippen LogP contribution in [0.1, 0.15) is 39.2 Å². The third-order valence-corrected chi connectivity index (χ3v) is 9.14. The number of nitriles is 1. The molecule has 1 aliphatic rings. The molecular weight excluding hydrogens is 665 g/mol. The number of phosphoric ester groups is 1. The first kappa shape index (κ1) is 28.8. The summed E-state index contributed by atoms with van der Waals surface area (Å²) in [6.07, 6.45) is -0.675.